The highest BCUT2D eigenvalue weighted by molar-refractivity contribution is 6.32. The van der Waals surface area contributed by atoms with E-state index in [1.54, 1.807) is 30.3 Å². The first-order valence-corrected chi connectivity index (χ1v) is 12.3. The third kappa shape index (κ3) is 5.80. The van der Waals surface area contributed by atoms with E-state index >= 15 is 0 Å². The fourth-order valence-corrected chi connectivity index (χ4v) is 4.48. The molecule has 37 heavy (non-hydrogen) atoms. The standard InChI is InChI=1S/C26H28ClN3O7/c1-4-36-22-11-16(7-10-21(22)35-3)20(12-23(32)29-37-14(2)31)30-13-17-18(27)8-9-19(24(17)26(30)34)28-25(33)15-5-6-15/h7-11,15,20H,4-6,12-13H2,1-3H3,(H,28,33)(H,29,32). The van der Waals surface area contributed by atoms with Crippen molar-refractivity contribution in [3.63, 3.8) is 0 Å². The normalized spacial score (nSPS) is 15.0. The number of nitrogens with zero attached hydrogens (tertiary/aromatic N) is 1. The van der Waals surface area contributed by atoms with Gasteiger partial charge < -0.3 is 24.5 Å². The molecule has 2 aromatic rings. The second-order valence-corrected chi connectivity index (χ2v) is 9.23. The Morgan fingerprint density at radius 1 is 1.16 bits per heavy atom. The molecule has 11 heteroatoms. The van der Waals surface area contributed by atoms with Crippen LogP contribution in [0.4, 0.5) is 5.69 Å². The zero-order valence-corrected chi connectivity index (χ0v) is 21.5. The molecule has 0 bridgehead atoms. The molecule has 1 unspecified atom stereocenters. The van der Waals surface area contributed by atoms with Crippen molar-refractivity contribution in [2.75, 3.05) is 19.0 Å². The highest BCUT2D eigenvalue weighted by Gasteiger charge is 2.39. The molecule has 0 saturated heterocycles. The molecule has 4 rings (SSSR count). The Labute approximate surface area is 219 Å². The van der Waals surface area contributed by atoms with Crippen LogP contribution in [0.25, 0.3) is 0 Å². The average molecular weight is 530 g/mol. The van der Waals surface area contributed by atoms with Gasteiger partial charge >= 0.3 is 5.97 Å². The molecular formula is C26H28ClN3O7. The van der Waals surface area contributed by atoms with E-state index in [0.717, 1.165) is 19.8 Å². The van der Waals surface area contributed by atoms with Gasteiger partial charge in [0.05, 0.1) is 37.4 Å². The van der Waals surface area contributed by atoms with Crippen LogP contribution in [0.1, 0.15) is 60.6 Å². The summed E-state index contributed by atoms with van der Waals surface area (Å²) in [6.07, 6.45) is 1.42. The molecule has 1 fully saturated rings. The van der Waals surface area contributed by atoms with Gasteiger partial charge in [0, 0.05) is 30.0 Å². The monoisotopic (exact) mass is 529 g/mol. The first-order chi connectivity index (χ1) is 17.7. The molecular weight excluding hydrogens is 502 g/mol. The number of hydrogen-bond acceptors (Lipinski definition) is 7. The number of halogens is 1. The summed E-state index contributed by atoms with van der Waals surface area (Å²) >= 11 is 6.47. The molecule has 1 saturated carbocycles. The molecule has 2 aromatic carbocycles. The van der Waals surface area contributed by atoms with Gasteiger partial charge in [-0.2, -0.15) is 5.48 Å². The van der Waals surface area contributed by atoms with E-state index in [1.165, 1.54) is 12.0 Å². The molecule has 0 aromatic heterocycles. The van der Waals surface area contributed by atoms with Crippen LogP contribution in [0, 0.1) is 5.92 Å². The van der Waals surface area contributed by atoms with Gasteiger partial charge in [-0.15, -0.1) is 0 Å². The number of rotatable bonds is 9. The number of methoxy groups -OCH3 is 1. The van der Waals surface area contributed by atoms with Crippen LogP contribution in [-0.4, -0.2) is 42.3 Å². The SMILES string of the molecule is CCOc1cc(C(CC(=O)NOC(C)=O)N2Cc3c(Cl)ccc(NC(=O)C4CC4)c3C2=O)ccc1OC. The van der Waals surface area contributed by atoms with Crippen molar-refractivity contribution < 1.29 is 33.5 Å². The van der Waals surface area contributed by atoms with Gasteiger partial charge in [0.1, 0.15) is 0 Å². The summed E-state index contributed by atoms with van der Waals surface area (Å²) in [6.45, 7) is 3.48. The zero-order valence-electron chi connectivity index (χ0n) is 20.8. The topological polar surface area (TPSA) is 123 Å². The molecule has 196 valence electrons. The summed E-state index contributed by atoms with van der Waals surface area (Å²) in [6, 6.07) is 7.62. The molecule has 0 radical (unpaired) electrons. The maximum atomic E-state index is 13.8. The summed E-state index contributed by atoms with van der Waals surface area (Å²) in [7, 11) is 1.52. The van der Waals surface area contributed by atoms with E-state index in [-0.39, 0.29) is 30.7 Å². The van der Waals surface area contributed by atoms with Crippen molar-refractivity contribution >= 4 is 41.0 Å². The van der Waals surface area contributed by atoms with E-state index < -0.39 is 17.9 Å². The van der Waals surface area contributed by atoms with Crippen molar-refractivity contribution in [1.29, 1.82) is 0 Å². The Hall–Kier alpha value is -3.79. The zero-order chi connectivity index (χ0) is 26.7. The van der Waals surface area contributed by atoms with Crippen molar-refractivity contribution in [3.8, 4) is 11.5 Å². The van der Waals surface area contributed by atoms with Crippen molar-refractivity contribution in [3.05, 3.63) is 52.0 Å². The number of hydrogen-bond donors (Lipinski definition) is 2. The quantitative estimate of drug-likeness (QED) is 0.474. The van der Waals surface area contributed by atoms with Gasteiger partial charge in [0.2, 0.25) is 5.91 Å². The minimum absolute atomic E-state index is 0.0482. The Bertz CT molecular complexity index is 1240. The van der Waals surface area contributed by atoms with Gasteiger partial charge in [-0.3, -0.25) is 19.2 Å². The van der Waals surface area contributed by atoms with Gasteiger partial charge in [0.25, 0.3) is 11.8 Å². The van der Waals surface area contributed by atoms with Gasteiger partial charge in [0.15, 0.2) is 11.5 Å². The van der Waals surface area contributed by atoms with Crippen LogP contribution in [0.3, 0.4) is 0 Å². The minimum atomic E-state index is -0.774. The Morgan fingerprint density at radius 3 is 2.57 bits per heavy atom. The van der Waals surface area contributed by atoms with Crippen LogP contribution < -0.4 is 20.3 Å². The van der Waals surface area contributed by atoms with E-state index in [4.69, 9.17) is 21.1 Å². The van der Waals surface area contributed by atoms with Crippen LogP contribution in [0.2, 0.25) is 5.02 Å². The predicted octanol–water partition coefficient (Wildman–Crippen LogP) is 3.78. The van der Waals surface area contributed by atoms with Gasteiger partial charge in [-0.05, 0) is 49.6 Å². The lowest BCUT2D eigenvalue weighted by atomic mass is 10.0. The number of nitrogens with one attached hydrogen (secondary N) is 2. The summed E-state index contributed by atoms with van der Waals surface area (Å²) in [5.74, 6) is -0.905. The Morgan fingerprint density at radius 2 is 1.92 bits per heavy atom. The third-order valence-corrected chi connectivity index (χ3v) is 6.55. The number of carbonyl (C=O) groups is 4. The highest BCUT2D eigenvalue weighted by atomic mass is 35.5. The number of hydroxylamine groups is 1. The number of carbonyl (C=O) groups excluding carboxylic acids is 4. The fourth-order valence-electron chi connectivity index (χ4n) is 4.27. The fraction of sp³-hybridized carbons (Fsp3) is 0.385. The van der Waals surface area contributed by atoms with Crippen LogP contribution >= 0.6 is 11.6 Å². The maximum absolute atomic E-state index is 13.8. The number of benzene rings is 2. The molecule has 1 atom stereocenters. The highest BCUT2D eigenvalue weighted by Crippen LogP contribution is 2.42. The molecule has 0 spiro atoms. The second kappa shape index (κ2) is 11.1. The van der Waals surface area contributed by atoms with Crippen molar-refractivity contribution in [1.82, 2.24) is 10.4 Å². The summed E-state index contributed by atoms with van der Waals surface area (Å²) < 4.78 is 11.1. The predicted molar refractivity (Wildman–Crippen MR) is 134 cm³/mol. The van der Waals surface area contributed by atoms with Crippen LogP contribution in [0.5, 0.6) is 11.5 Å². The lowest BCUT2D eigenvalue weighted by Crippen LogP contribution is -2.35. The molecule has 10 nitrogen and oxygen atoms in total. The number of anilines is 1. The van der Waals surface area contributed by atoms with Gasteiger partial charge in [-0.25, -0.2) is 0 Å². The lowest BCUT2D eigenvalue weighted by molar-refractivity contribution is -0.156. The van der Waals surface area contributed by atoms with E-state index in [2.05, 4.69) is 15.6 Å². The summed E-state index contributed by atoms with van der Waals surface area (Å²) in [4.78, 5) is 56.3. The third-order valence-electron chi connectivity index (χ3n) is 6.20. The molecule has 3 amide bonds. The van der Waals surface area contributed by atoms with E-state index in [0.29, 0.717) is 45.5 Å². The maximum Gasteiger partial charge on any atom is 0.329 e. The Kier molecular flexibility index (Phi) is 7.87. The first-order valence-electron chi connectivity index (χ1n) is 11.9. The second-order valence-electron chi connectivity index (χ2n) is 8.83. The molecule has 1 heterocycles. The number of fused-ring (bicyclic) bond motifs is 1. The smallest absolute Gasteiger partial charge is 0.329 e. The first kappa shape index (κ1) is 26.3. The summed E-state index contributed by atoms with van der Waals surface area (Å²) in [5.41, 5.74) is 3.95. The van der Waals surface area contributed by atoms with Gasteiger partial charge in [-0.1, -0.05) is 17.7 Å². The number of amides is 3. The number of ether oxygens (including phenoxy) is 2. The lowest BCUT2D eigenvalue weighted by Gasteiger charge is -2.28. The van der Waals surface area contributed by atoms with Crippen molar-refractivity contribution in [2.45, 2.75) is 45.7 Å². The molecule has 2 aliphatic rings. The minimum Gasteiger partial charge on any atom is -0.493 e. The van der Waals surface area contributed by atoms with E-state index in [1.807, 2.05) is 6.92 Å². The van der Waals surface area contributed by atoms with Crippen LogP contribution in [0.15, 0.2) is 30.3 Å². The molecule has 1 aliphatic heterocycles. The molecule has 2 N–H and O–H groups in total. The van der Waals surface area contributed by atoms with Crippen molar-refractivity contribution in [2.24, 2.45) is 5.92 Å². The van der Waals surface area contributed by atoms with Crippen LogP contribution in [-0.2, 0) is 25.8 Å². The van der Waals surface area contributed by atoms with E-state index in [9.17, 15) is 19.2 Å². The molecule has 1 aliphatic carbocycles. The Balaban J connectivity index is 1.70. The average Bonchev–Trinajstić information content (AvgIpc) is 3.67. The summed E-state index contributed by atoms with van der Waals surface area (Å²) in [5, 5.41) is 3.24. The largest absolute Gasteiger partial charge is 0.493 e.